The first-order valence-corrected chi connectivity index (χ1v) is 13.2. The van der Waals surface area contributed by atoms with Crippen LogP contribution in [0, 0.1) is 6.92 Å². The molecular formula is C26H33F3N8O. The number of nitrogens with two attached hydrogens (primary N) is 1. The highest BCUT2D eigenvalue weighted by Crippen LogP contribution is 2.43. The Labute approximate surface area is 219 Å². The molecule has 3 aromatic heterocycles. The fourth-order valence-electron chi connectivity index (χ4n) is 6.35. The van der Waals surface area contributed by atoms with Crippen molar-refractivity contribution in [1.82, 2.24) is 30.0 Å². The number of alkyl halides is 3. The first-order chi connectivity index (χ1) is 18.2. The van der Waals surface area contributed by atoms with Crippen molar-refractivity contribution in [2.24, 2.45) is 0 Å². The summed E-state index contributed by atoms with van der Waals surface area (Å²) in [4.78, 5) is 15.7. The van der Waals surface area contributed by atoms with Crippen LogP contribution in [0.4, 0.5) is 30.6 Å². The van der Waals surface area contributed by atoms with Crippen molar-refractivity contribution in [3.8, 4) is 0 Å². The molecule has 204 valence electrons. The Morgan fingerprint density at radius 1 is 1.11 bits per heavy atom. The summed E-state index contributed by atoms with van der Waals surface area (Å²) < 4.78 is 45.3. The molecule has 38 heavy (non-hydrogen) atoms. The Morgan fingerprint density at radius 2 is 1.84 bits per heavy atom. The van der Waals surface area contributed by atoms with Crippen LogP contribution in [-0.2, 0) is 11.3 Å². The number of fused-ring (bicyclic) bond motifs is 3. The average Bonchev–Trinajstić information content (AvgIpc) is 3.36. The third-order valence-corrected chi connectivity index (χ3v) is 7.99. The van der Waals surface area contributed by atoms with Gasteiger partial charge in [0.15, 0.2) is 5.82 Å². The van der Waals surface area contributed by atoms with Gasteiger partial charge in [0, 0.05) is 61.0 Å². The minimum atomic E-state index is -4.21. The van der Waals surface area contributed by atoms with Crippen LogP contribution in [0.3, 0.4) is 0 Å². The highest BCUT2D eigenvalue weighted by Gasteiger charge is 2.47. The summed E-state index contributed by atoms with van der Waals surface area (Å²) in [6.07, 6.45) is -1.48. The van der Waals surface area contributed by atoms with E-state index >= 15 is 0 Å². The van der Waals surface area contributed by atoms with Crippen LogP contribution in [0.5, 0.6) is 0 Å². The normalized spacial score (nSPS) is 24.8. The zero-order chi connectivity index (χ0) is 26.4. The molecule has 3 atom stereocenters. The molecule has 6 rings (SSSR count). The highest BCUT2D eigenvalue weighted by atomic mass is 19.4. The molecule has 0 radical (unpaired) electrons. The van der Waals surface area contributed by atoms with E-state index in [1.807, 2.05) is 25.1 Å². The molecule has 0 aliphatic carbocycles. The number of hydrogen-bond donors (Lipinski definition) is 2. The number of rotatable bonds is 6. The largest absolute Gasteiger partial charge is 0.401 e. The minimum absolute atomic E-state index is 0.0646. The molecule has 3 N–H and O–H groups in total. The van der Waals surface area contributed by atoms with Crippen LogP contribution in [-0.4, -0.2) is 87.1 Å². The van der Waals surface area contributed by atoms with Crippen LogP contribution in [0.15, 0.2) is 24.3 Å². The topological polar surface area (TPSA) is 99.4 Å². The number of ether oxygens (including phenoxy) is 1. The van der Waals surface area contributed by atoms with Gasteiger partial charge in [-0.3, -0.25) is 19.9 Å². The molecule has 3 aromatic rings. The molecule has 3 aliphatic rings. The highest BCUT2D eigenvalue weighted by molar-refractivity contribution is 5.93. The Morgan fingerprint density at radius 3 is 2.50 bits per heavy atom. The maximum absolute atomic E-state index is 13.3. The fraction of sp³-hybridized carbons (Fsp3) is 0.577. The van der Waals surface area contributed by atoms with Crippen LogP contribution in [0.1, 0.15) is 37.1 Å². The van der Waals surface area contributed by atoms with Gasteiger partial charge in [-0.25, -0.2) is 4.98 Å². The van der Waals surface area contributed by atoms with E-state index < -0.39 is 12.7 Å². The lowest BCUT2D eigenvalue weighted by molar-refractivity contribution is -0.155. The summed E-state index contributed by atoms with van der Waals surface area (Å²) in [5.41, 5.74) is 8.88. The zero-order valence-corrected chi connectivity index (χ0v) is 21.4. The van der Waals surface area contributed by atoms with E-state index in [9.17, 15) is 13.2 Å². The first-order valence-electron chi connectivity index (χ1n) is 13.2. The number of nitrogen functional groups attached to an aromatic ring is 1. The van der Waals surface area contributed by atoms with Crippen molar-refractivity contribution in [2.45, 2.75) is 63.5 Å². The second-order valence-electron chi connectivity index (χ2n) is 10.7. The summed E-state index contributed by atoms with van der Waals surface area (Å²) >= 11 is 0. The smallest absolute Gasteiger partial charge is 0.384 e. The number of halogens is 3. The van der Waals surface area contributed by atoms with Gasteiger partial charge in [-0.1, -0.05) is 0 Å². The molecule has 0 aromatic carbocycles. The van der Waals surface area contributed by atoms with Crippen molar-refractivity contribution < 1.29 is 17.9 Å². The summed E-state index contributed by atoms with van der Waals surface area (Å²) in [7, 11) is 0. The molecule has 2 bridgehead atoms. The standard InChI is InChI=1S/C26H33F3N8O/c1-16-10-24(34-33-16)37(20-11-18-3-4-19(12-20)36(18)15-26(27,28)29)25-21-5-2-17(14-35-6-8-38-9-7-35)31-22(21)13-23(30)32-25/h2,5,10,13,18-20H,3-4,6-9,11-12,14-15H2,1H3,(H2,30,32)(H,33,34)/t18-,19+,20+. The van der Waals surface area contributed by atoms with Gasteiger partial charge >= 0.3 is 6.18 Å². The predicted octanol–water partition coefficient (Wildman–Crippen LogP) is 3.77. The lowest BCUT2D eigenvalue weighted by Crippen LogP contribution is -2.52. The zero-order valence-electron chi connectivity index (χ0n) is 21.4. The van der Waals surface area contributed by atoms with Crippen molar-refractivity contribution in [3.05, 3.63) is 35.7 Å². The fourth-order valence-corrected chi connectivity index (χ4v) is 6.35. The van der Waals surface area contributed by atoms with Crippen molar-refractivity contribution in [1.29, 1.82) is 0 Å². The molecule has 0 unspecified atom stereocenters. The van der Waals surface area contributed by atoms with Crippen molar-refractivity contribution in [2.75, 3.05) is 43.5 Å². The summed E-state index contributed by atoms with van der Waals surface area (Å²) in [6.45, 7) is 4.96. The molecule has 0 saturated carbocycles. The molecular weight excluding hydrogens is 497 g/mol. The summed E-state index contributed by atoms with van der Waals surface area (Å²) in [6, 6.07) is 7.45. The van der Waals surface area contributed by atoms with Crippen LogP contribution in [0.2, 0.25) is 0 Å². The summed E-state index contributed by atoms with van der Waals surface area (Å²) in [5.74, 6) is 1.68. The minimum Gasteiger partial charge on any atom is -0.384 e. The Kier molecular flexibility index (Phi) is 6.65. The Bertz CT molecular complexity index is 1280. The number of morpholine rings is 1. The number of piperidine rings is 1. The van der Waals surface area contributed by atoms with Gasteiger partial charge in [-0.05, 0) is 44.7 Å². The number of pyridine rings is 2. The van der Waals surface area contributed by atoms with Gasteiger partial charge in [0.2, 0.25) is 0 Å². The van der Waals surface area contributed by atoms with E-state index in [4.69, 9.17) is 20.4 Å². The van der Waals surface area contributed by atoms with E-state index in [1.165, 1.54) is 0 Å². The van der Waals surface area contributed by atoms with E-state index in [-0.39, 0.29) is 18.1 Å². The molecule has 0 amide bonds. The maximum atomic E-state index is 13.3. The molecule has 6 heterocycles. The second-order valence-corrected chi connectivity index (χ2v) is 10.7. The van der Waals surface area contributed by atoms with Crippen LogP contribution < -0.4 is 10.6 Å². The lowest BCUT2D eigenvalue weighted by atomic mass is 9.95. The third-order valence-electron chi connectivity index (χ3n) is 7.99. The SMILES string of the molecule is Cc1cc(N(c2nc(N)cc3nc(CN4CCOCC4)ccc23)[C@H]2C[C@H]3CC[C@@H](C2)N3CC(F)(F)F)n[nH]1. The molecule has 3 saturated heterocycles. The van der Waals surface area contributed by atoms with E-state index in [0.29, 0.717) is 30.3 Å². The van der Waals surface area contributed by atoms with Crippen LogP contribution in [0.25, 0.3) is 10.9 Å². The Hall–Kier alpha value is -2.96. The van der Waals surface area contributed by atoms with Crippen LogP contribution >= 0.6 is 0 Å². The second kappa shape index (κ2) is 9.97. The lowest BCUT2D eigenvalue weighted by Gasteiger charge is -2.43. The van der Waals surface area contributed by atoms with Gasteiger partial charge in [-0.2, -0.15) is 18.3 Å². The number of aromatic amines is 1. The van der Waals surface area contributed by atoms with Crippen molar-refractivity contribution >= 4 is 28.4 Å². The molecule has 0 spiro atoms. The van der Waals surface area contributed by atoms with E-state index in [2.05, 4.69) is 20.0 Å². The summed E-state index contributed by atoms with van der Waals surface area (Å²) in [5, 5.41) is 8.39. The molecule has 9 nitrogen and oxygen atoms in total. The number of aryl methyl sites for hydroxylation is 1. The number of nitrogens with zero attached hydrogens (tertiary/aromatic N) is 6. The quantitative estimate of drug-likeness (QED) is 0.497. The number of anilines is 3. The molecule has 12 heteroatoms. The van der Waals surface area contributed by atoms with Gasteiger partial charge in [0.1, 0.15) is 11.6 Å². The number of nitrogens with one attached hydrogen (secondary N) is 1. The number of aromatic nitrogens is 4. The number of hydrogen-bond acceptors (Lipinski definition) is 8. The predicted molar refractivity (Wildman–Crippen MR) is 138 cm³/mol. The molecule has 3 fully saturated rings. The average molecular weight is 531 g/mol. The monoisotopic (exact) mass is 530 g/mol. The number of H-pyrrole nitrogens is 1. The van der Waals surface area contributed by atoms with Crippen molar-refractivity contribution in [3.63, 3.8) is 0 Å². The van der Waals surface area contributed by atoms with Gasteiger partial charge in [0.05, 0.1) is 31.0 Å². The van der Waals surface area contributed by atoms with Gasteiger partial charge < -0.3 is 15.4 Å². The Balaban J connectivity index is 1.35. The van der Waals surface area contributed by atoms with E-state index in [0.717, 1.165) is 68.0 Å². The third kappa shape index (κ3) is 5.16. The first kappa shape index (κ1) is 25.3. The van der Waals surface area contributed by atoms with Gasteiger partial charge in [0.25, 0.3) is 0 Å². The van der Waals surface area contributed by atoms with E-state index in [1.54, 1.807) is 11.0 Å². The van der Waals surface area contributed by atoms with Gasteiger partial charge in [-0.15, -0.1) is 0 Å². The molecule has 3 aliphatic heterocycles. The maximum Gasteiger partial charge on any atom is 0.401 e.